The molecule has 4 rings (SSSR count). The van der Waals surface area contributed by atoms with E-state index in [9.17, 15) is 9.59 Å². The van der Waals surface area contributed by atoms with Crippen molar-refractivity contribution in [1.82, 2.24) is 0 Å². The van der Waals surface area contributed by atoms with Gasteiger partial charge in [-0.15, -0.1) is 0 Å². The third-order valence-corrected chi connectivity index (χ3v) is 5.11. The lowest BCUT2D eigenvalue weighted by Crippen LogP contribution is -2.30. The molecule has 4 heteroatoms. The van der Waals surface area contributed by atoms with Crippen molar-refractivity contribution in [3.05, 3.63) is 121 Å². The smallest absolute Gasteiger partial charge is 0.232 e. The molecule has 0 atom stereocenters. The SMILES string of the molecule is O=C(CCC(=O)N(c1ccccc1)c1ccccc1)N(c1ccccc1)c1ccccc1. The first kappa shape index (κ1) is 21.1. The quantitative estimate of drug-likeness (QED) is 0.343. The minimum Gasteiger partial charge on any atom is -0.281 e. The molecule has 32 heavy (non-hydrogen) atoms. The summed E-state index contributed by atoms with van der Waals surface area (Å²) >= 11 is 0. The van der Waals surface area contributed by atoms with Crippen LogP contribution in [0, 0.1) is 0 Å². The molecule has 0 aliphatic rings. The van der Waals surface area contributed by atoms with E-state index in [-0.39, 0.29) is 24.7 Å². The average molecular weight is 421 g/mol. The molecular formula is C28H24N2O2. The Bertz CT molecular complexity index is 973. The van der Waals surface area contributed by atoms with Crippen LogP contribution in [0.25, 0.3) is 0 Å². The van der Waals surface area contributed by atoms with Crippen LogP contribution >= 0.6 is 0 Å². The summed E-state index contributed by atoms with van der Waals surface area (Å²) in [5.74, 6) is -0.256. The molecule has 2 amide bonds. The van der Waals surface area contributed by atoms with Gasteiger partial charge in [0.2, 0.25) is 11.8 Å². The van der Waals surface area contributed by atoms with Gasteiger partial charge in [0.25, 0.3) is 0 Å². The highest BCUT2D eigenvalue weighted by Crippen LogP contribution is 2.28. The molecule has 4 aromatic rings. The summed E-state index contributed by atoms with van der Waals surface area (Å²) in [5.41, 5.74) is 3.11. The molecule has 0 spiro atoms. The summed E-state index contributed by atoms with van der Waals surface area (Å²) in [6.07, 6.45) is 0.192. The Labute approximate surface area is 188 Å². The number of anilines is 4. The van der Waals surface area contributed by atoms with Crippen LogP contribution in [-0.2, 0) is 9.59 Å². The molecule has 4 aromatic carbocycles. The Balaban J connectivity index is 1.56. The predicted octanol–water partition coefficient (Wildman–Crippen LogP) is 6.50. The number of nitrogens with zero attached hydrogens (tertiary/aromatic N) is 2. The standard InChI is InChI=1S/C28H24N2O2/c31-27(29(23-13-5-1-6-14-23)24-15-7-2-8-16-24)21-22-28(32)30(25-17-9-3-10-18-25)26-19-11-4-12-20-26/h1-20H,21-22H2. The maximum atomic E-state index is 13.3. The van der Waals surface area contributed by atoms with Gasteiger partial charge in [0.1, 0.15) is 0 Å². The molecule has 4 nitrogen and oxygen atoms in total. The molecule has 0 fully saturated rings. The molecule has 0 radical (unpaired) electrons. The van der Waals surface area contributed by atoms with E-state index in [1.54, 1.807) is 9.80 Å². The van der Waals surface area contributed by atoms with Crippen molar-refractivity contribution in [2.24, 2.45) is 0 Å². The zero-order valence-corrected chi connectivity index (χ0v) is 17.7. The minimum absolute atomic E-state index is 0.0960. The topological polar surface area (TPSA) is 40.6 Å². The van der Waals surface area contributed by atoms with E-state index in [0.717, 1.165) is 22.7 Å². The monoisotopic (exact) mass is 420 g/mol. The van der Waals surface area contributed by atoms with E-state index in [2.05, 4.69) is 0 Å². The zero-order valence-electron chi connectivity index (χ0n) is 17.7. The van der Waals surface area contributed by atoms with E-state index in [0.29, 0.717) is 0 Å². The van der Waals surface area contributed by atoms with Gasteiger partial charge in [-0.05, 0) is 48.5 Å². The second kappa shape index (κ2) is 10.2. The van der Waals surface area contributed by atoms with Gasteiger partial charge in [-0.2, -0.15) is 0 Å². The molecule has 0 bridgehead atoms. The third kappa shape index (κ3) is 4.93. The summed E-state index contributed by atoms with van der Waals surface area (Å²) < 4.78 is 0. The van der Waals surface area contributed by atoms with Crippen LogP contribution in [-0.4, -0.2) is 11.8 Å². The van der Waals surface area contributed by atoms with Crippen molar-refractivity contribution in [3.63, 3.8) is 0 Å². The number of hydrogen-bond donors (Lipinski definition) is 0. The van der Waals surface area contributed by atoms with Gasteiger partial charge in [0.15, 0.2) is 0 Å². The molecule has 0 saturated carbocycles. The first-order valence-corrected chi connectivity index (χ1v) is 10.6. The Morgan fingerprint density at radius 1 is 0.406 bits per heavy atom. The van der Waals surface area contributed by atoms with Crippen molar-refractivity contribution in [2.75, 3.05) is 9.80 Å². The molecular weight excluding hydrogens is 396 g/mol. The highest BCUT2D eigenvalue weighted by Gasteiger charge is 2.22. The Hall–Kier alpha value is -4.18. The van der Waals surface area contributed by atoms with E-state index in [1.807, 2.05) is 121 Å². The number of hydrogen-bond acceptors (Lipinski definition) is 2. The fourth-order valence-electron chi connectivity index (χ4n) is 3.62. The van der Waals surface area contributed by atoms with E-state index in [1.165, 1.54) is 0 Å². The van der Waals surface area contributed by atoms with Crippen LogP contribution in [0.4, 0.5) is 22.7 Å². The van der Waals surface area contributed by atoms with Crippen molar-refractivity contribution in [3.8, 4) is 0 Å². The summed E-state index contributed by atoms with van der Waals surface area (Å²) in [6.45, 7) is 0. The summed E-state index contributed by atoms with van der Waals surface area (Å²) in [7, 11) is 0. The van der Waals surface area contributed by atoms with E-state index < -0.39 is 0 Å². The average Bonchev–Trinajstić information content (AvgIpc) is 2.86. The second-order valence-electron chi connectivity index (χ2n) is 7.30. The normalized spacial score (nSPS) is 10.4. The highest BCUT2D eigenvalue weighted by atomic mass is 16.2. The fourth-order valence-corrected chi connectivity index (χ4v) is 3.62. The number of carbonyl (C=O) groups is 2. The van der Waals surface area contributed by atoms with Crippen LogP contribution in [0.15, 0.2) is 121 Å². The maximum absolute atomic E-state index is 13.3. The van der Waals surface area contributed by atoms with E-state index >= 15 is 0 Å². The first-order chi connectivity index (χ1) is 15.7. The van der Waals surface area contributed by atoms with Crippen molar-refractivity contribution >= 4 is 34.6 Å². The van der Waals surface area contributed by atoms with Gasteiger partial charge in [-0.3, -0.25) is 19.4 Å². The number of carbonyl (C=O) groups excluding carboxylic acids is 2. The van der Waals surface area contributed by atoms with Crippen molar-refractivity contribution < 1.29 is 9.59 Å². The fraction of sp³-hybridized carbons (Fsp3) is 0.0714. The molecule has 0 unspecified atom stereocenters. The highest BCUT2D eigenvalue weighted by molar-refractivity contribution is 6.05. The third-order valence-electron chi connectivity index (χ3n) is 5.11. The summed E-state index contributed by atoms with van der Waals surface area (Å²) in [5, 5.41) is 0. The molecule has 0 saturated heterocycles. The van der Waals surface area contributed by atoms with Crippen molar-refractivity contribution in [1.29, 1.82) is 0 Å². The second-order valence-corrected chi connectivity index (χ2v) is 7.30. The van der Waals surface area contributed by atoms with Crippen LogP contribution in [0.2, 0.25) is 0 Å². The van der Waals surface area contributed by atoms with Gasteiger partial charge >= 0.3 is 0 Å². The molecule has 0 heterocycles. The lowest BCUT2D eigenvalue weighted by atomic mass is 10.1. The van der Waals surface area contributed by atoms with Crippen LogP contribution in [0.1, 0.15) is 12.8 Å². The van der Waals surface area contributed by atoms with E-state index in [4.69, 9.17) is 0 Å². The van der Waals surface area contributed by atoms with Gasteiger partial charge in [-0.1, -0.05) is 72.8 Å². The molecule has 0 aliphatic heterocycles. The minimum atomic E-state index is -0.128. The number of benzene rings is 4. The zero-order chi connectivity index (χ0) is 22.2. The Morgan fingerprint density at radius 3 is 0.844 bits per heavy atom. The van der Waals surface area contributed by atoms with Gasteiger partial charge < -0.3 is 0 Å². The van der Waals surface area contributed by atoms with Crippen molar-refractivity contribution in [2.45, 2.75) is 12.8 Å². The maximum Gasteiger partial charge on any atom is 0.232 e. The molecule has 0 aromatic heterocycles. The Kier molecular flexibility index (Phi) is 6.73. The molecule has 0 aliphatic carbocycles. The van der Waals surface area contributed by atoms with Crippen LogP contribution < -0.4 is 9.80 Å². The summed E-state index contributed by atoms with van der Waals surface area (Å²) in [6, 6.07) is 38.0. The molecule has 0 N–H and O–H groups in total. The largest absolute Gasteiger partial charge is 0.281 e. The number of amides is 2. The number of rotatable bonds is 7. The van der Waals surface area contributed by atoms with Gasteiger partial charge in [0.05, 0.1) is 0 Å². The van der Waals surface area contributed by atoms with Crippen LogP contribution in [0.3, 0.4) is 0 Å². The van der Waals surface area contributed by atoms with Crippen LogP contribution in [0.5, 0.6) is 0 Å². The molecule has 158 valence electrons. The lowest BCUT2D eigenvalue weighted by Gasteiger charge is -2.25. The Morgan fingerprint density at radius 2 is 0.625 bits per heavy atom. The summed E-state index contributed by atoms with van der Waals surface area (Å²) in [4.78, 5) is 29.9. The number of para-hydroxylation sites is 4. The predicted molar refractivity (Wildman–Crippen MR) is 129 cm³/mol. The lowest BCUT2D eigenvalue weighted by molar-refractivity contribution is -0.123. The van der Waals surface area contributed by atoms with Gasteiger partial charge in [0, 0.05) is 35.6 Å². The first-order valence-electron chi connectivity index (χ1n) is 10.6. The van der Waals surface area contributed by atoms with Gasteiger partial charge in [-0.25, -0.2) is 0 Å².